The lowest BCUT2D eigenvalue weighted by molar-refractivity contribution is 0.206. The largest absolute Gasteiger partial charge is 0.355 e. The highest BCUT2D eigenvalue weighted by Gasteiger charge is 2.19. The van der Waals surface area contributed by atoms with Crippen LogP contribution in [0.2, 0.25) is 0 Å². The lowest BCUT2D eigenvalue weighted by Crippen LogP contribution is -2.49. The Hall–Kier alpha value is -0.130. The maximum atomic E-state index is 11.3. The minimum absolute atomic E-state index is 0. The maximum Gasteiger partial charge on any atom is 0.211 e. The molecule has 0 amide bonds. The van der Waals surface area contributed by atoms with Crippen molar-refractivity contribution in [2.75, 3.05) is 45.5 Å². The molecule has 1 heterocycles. The van der Waals surface area contributed by atoms with Gasteiger partial charge in [-0.15, -0.1) is 24.0 Å². The van der Waals surface area contributed by atoms with Crippen molar-refractivity contribution in [3.8, 4) is 0 Å². The average Bonchev–Trinajstić information content (AvgIpc) is 2.52. The Kier molecular flexibility index (Phi) is 12.2. The first-order valence-electron chi connectivity index (χ1n) is 8.17. The van der Waals surface area contributed by atoms with Gasteiger partial charge in [0.1, 0.15) is 0 Å². The van der Waals surface area contributed by atoms with E-state index in [2.05, 4.69) is 32.2 Å². The van der Waals surface area contributed by atoms with E-state index in [-0.39, 0.29) is 29.7 Å². The lowest BCUT2D eigenvalue weighted by Gasteiger charge is -2.32. The van der Waals surface area contributed by atoms with E-state index < -0.39 is 10.0 Å². The van der Waals surface area contributed by atoms with Crippen LogP contribution >= 0.6 is 24.0 Å². The Labute approximate surface area is 158 Å². The summed E-state index contributed by atoms with van der Waals surface area (Å²) >= 11 is 0. The molecule has 9 heteroatoms. The number of guanidine groups is 1. The van der Waals surface area contributed by atoms with E-state index >= 15 is 0 Å². The van der Waals surface area contributed by atoms with Gasteiger partial charge >= 0.3 is 0 Å². The van der Waals surface area contributed by atoms with Gasteiger partial charge in [0, 0.05) is 39.3 Å². The molecule has 1 saturated heterocycles. The van der Waals surface area contributed by atoms with E-state index in [1.807, 2.05) is 0 Å². The number of piperidine rings is 1. The van der Waals surface area contributed by atoms with E-state index in [4.69, 9.17) is 0 Å². The molecule has 1 fully saturated rings. The third-order valence-electron chi connectivity index (χ3n) is 3.81. The molecule has 1 aliphatic rings. The van der Waals surface area contributed by atoms with Crippen molar-refractivity contribution >= 4 is 40.0 Å². The van der Waals surface area contributed by atoms with Crippen molar-refractivity contribution < 1.29 is 8.42 Å². The third kappa shape index (κ3) is 9.68. The summed E-state index contributed by atoms with van der Waals surface area (Å²) in [5, 5.41) is 6.56. The summed E-state index contributed by atoms with van der Waals surface area (Å²) in [7, 11) is -1.38. The number of rotatable bonds is 8. The Bertz CT molecular complexity index is 436. The molecule has 1 aliphatic heterocycles. The fraction of sp³-hybridized carbons (Fsp3) is 0.929. The number of aliphatic imine (C=N–C) groups is 1. The van der Waals surface area contributed by atoms with Crippen LogP contribution in [-0.2, 0) is 10.0 Å². The molecule has 0 bridgehead atoms. The van der Waals surface area contributed by atoms with E-state index in [9.17, 15) is 8.42 Å². The first-order chi connectivity index (χ1) is 10.5. The molecule has 0 aromatic rings. The van der Waals surface area contributed by atoms with Gasteiger partial charge in [-0.2, -0.15) is 0 Å². The second-order valence-corrected chi connectivity index (χ2v) is 7.65. The lowest BCUT2D eigenvalue weighted by atomic mass is 10.1. The first-order valence-corrected chi connectivity index (χ1v) is 9.82. The Morgan fingerprint density at radius 3 is 2.39 bits per heavy atom. The number of likely N-dealkylation sites (tertiary alicyclic amines) is 1. The number of nitrogens with one attached hydrogen (secondary N) is 3. The predicted molar refractivity (Wildman–Crippen MR) is 107 cm³/mol. The van der Waals surface area contributed by atoms with Crippen LogP contribution in [0, 0.1) is 0 Å². The molecule has 0 unspecified atom stereocenters. The summed E-state index contributed by atoms with van der Waals surface area (Å²) in [6.45, 7) is 8.15. The summed E-state index contributed by atoms with van der Waals surface area (Å²) in [5.74, 6) is 0.848. The highest BCUT2D eigenvalue weighted by molar-refractivity contribution is 14.0. The molecule has 0 radical (unpaired) electrons. The summed E-state index contributed by atoms with van der Waals surface area (Å²) in [4.78, 5) is 6.69. The molecule has 0 spiro atoms. The van der Waals surface area contributed by atoms with Gasteiger partial charge in [0.15, 0.2) is 5.96 Å². The van der Waals surface area contributed by atoms with E-state index in [1.165, 1.54) is 13.0 Å². The molecule has 0 aromatic carbocycles. The van der Waals surface area contributed by atoms with Crippen LogP contribution in [-0.4, -0.2) is 70.8 Å². The highest BCUT2D eigenvalue weighted by Crippen LogP contribution is 2.10. The zero-order valence-electron chi connectivity index (χ0n) is 14.5. The summed E-state index contributed by atoms with van der Waals surface area (Å²) in [6, 6.07) is 0.437. The Balaban J connectivity index is 0.00000484. The smallest absolute Gasteiger partial charge is 0.211 e. The van der Waals surface area contributed by atoms with Gasteiger partial charge in [-0.1, -0.05) is 6.92 Å². The second-order valence-electron chi connectivity index (χ2n) is 5.56. The van der Waals surface area contributed by atoms with Crippen LogP contribution < -0.4 is 15.4 Å². The fourth-order valence-corrected chi connectivity index (χ4v) is 3.11. The van der Waals surface area contributed by atoms with Gasteiger partial charge in [0.25, 0.3) is 0 Å². The Morgan fingerprint density at radius 2 is 1.87 bits per heavy atom. The molecule has 3 N–H and O–H groups in total. The van der Waals surface area contributed by atoms with Crippen LogP contribution in [0.15, 0.2) is 4.99 Å². The topological polar surface area (TPSA) is 85.8 Å². The van der Waals surface area contributed by atoms with Gasteiger partial charge < -0.3 is 15.5 Å². The van der Waals surface area contributed by atoms with Crippen molar-refractivity contribution in [2.45, 2.75) is 39.2 Å². The van der Waals surface area contributed by atoms with Gasteiger partial charge in [0.05, 0.1) is 5.75 Å². The van der Waals surface area contributed by atoms with Crippen molar-refractivity contribution in [2.24, 2.45) is 4.99 Å². The van der Waals surface area contributed by atoms with Crippen molar-refractivity contribution in [3.63, 3.8) is 0 Å². The SMILES string of the molecule is CCCN1CCC(NC(=NC)NCCNS(=O)(=O)CC)CC1.I. The fourth-order valence-electron chi connectivity index (χ4n) is 2.49. The van der Waals surface area contributed by atoms with Crippen molar-refractivity contribution in [1.82, 2.24) is 20.3 Å². The maximum absolute atomic E-state index is 11.3. The molecule has 0 aliphatic carbocycles. The van der Waals surface area contributed by atoms with Crippen molar-refractivity contribution in [3.05, 3.63) is 0 Å². The van der Waals surface area contributed by atoms with E-state index in [1.54, 1.807) is 14.0 Å². The molecular formula is C14H32IN5O2S. The number of halogens is 1. The van der Waals surface area contributed by atoms with E-state index in [0.29, 0.717) is 19.1 Å². The number of hydrogen-bond acceptors (Lipinski definition) is 4. The monoisotopic (exact) mass is 461 g/mol. The predicted octanol–water partition coefficient (Wildman–Crippen LogP) is 0.583. The Morgan fingerprint density at radius 1 is 1.22 bits per heavy atom. The minimum Gasteiger partial charge on any atom is -0.355 e. The molecule has 1 rings (SSSR count). The summed E-state index contributed by atoms with van der Waals surface area (Å²) in [6.07, 6.45) is 3.43. The minimum atomic E-state index is -3.12. The second kappa shape index (κ2) is 12.3. The standard InChI is InChI=1S/C14H31N5O2S.HI/c1-4-10-19-11-6-13(7-12-19)18-14(15-3)16-8-9-17-22(20,21)5-2;/h13,17H,4-12H2,1-3H3,(H2,15,16,18);1H. The van der Waals surface area contributed by atoms with Gasteiger partial charge in [-0.25, -0.2) is 13.1 Å². The average molecular weight is 461 g/mol. The summed E-state index contributed by atoms with van der Waals surface area (Å²) in [5.41, 5.74) is 0. The quantitative estimate of drug-likeness (QED) is 0.213. The molecule has 7 nitrogen and oxygen atoms in total. The van der Waals surface area contributed by atoms with Gasteiger partial charge in [0.2, 0.25) is 10.0 Å². The molecule has 138 valence electrons. The van der Waals surface area contributed by atoms with Crippen LogP contribution in [0.4, 0.5) is 0 Å². The van der Waals surface area contributed by atoms with Gasteiger partial charge in [-0.05, 0) is 32.7 Å². The first kappa shape index (κ1) is 22.9. The molecule has 0 aromatic heterocycles. The molecular weight excluding hydrogens is 429 g/mol. The van der Waals surface area contributed by atoms with E-state index in [0.717, 1.165) is 31.9 Å². The van der Waals surface area contributed by atoms with Crippen LogP contribution in [0.25, 0.3) is 0 Å². The van der Waals surface area contributed by atoms with Crippen molar-refractivity contribution in [1.29, 1.82) is 0 Å². The normalized spacial score (nSPS) is 17.6. The van der Waals surface area contributed by atoms with Crippen LogP contribution in [0.1, 0.15) is 33.1 Å². The highest BCUT2D eigenvalue weighted by atomic mass is 127. The zero-order chi connectivity index (χ0) is 16.4. The molecule has 0 saturated carbocycles. The molecule has 0 atom stereocenters. The summed E-state index contributed by atoms with van der Waals surface area (Å²) < 4.78 is 25.2. The van der Waals surface area contributed by atoms with Crippen LogP contribution in [0.5, 0.6) is 0 Å². The number of hydrogen-bond donors (Lipinski definition) is 3. The van der Waals surface area contributed by atoms with Crippen LogP contribution in [0.3, 0.4) is 0 Å². The zero-order valence-corrected chi connectivity index (χ0v) is 17.6. The molecule has 23 heavy (non-hydrogen) atoms. The third-order valence-corrected chi connectivity index (χ3v) is 5.22. The number of sulfonamides is 1. The van der Waals surface area contributed by atoms with Gasteiger partial charge in [-0.3, -0.25) is 4.99 Å². The number of nitrogens with zero attached hydrogens (tertiary/aromatic N) is 2.